The van der Waals surface area contributed by atoms with Gasteiger partial charge in [0.25, 0.3) is 11.8 Å². The van der Waals surface area contributed by atoms with E-state index in [0.29, 0.717) is 55.1 Å². The Hall–Kier alpha value is -3.26. The third-order valence-corrected chi connectivity index (χ3v) is 8.19. The van der Waals surface area contributed by atoms with Crippen LogP contribution in [-0.2, 0) is 11.2 Å². The molecule has 1 fully saturated rings. The summed E-state index contributed by atoms with van der Waals surface area (Å²) in [4.78, 5) is 41.3. The molecule has 7 nitrogen and oxygen atoms in total. The second-order valence-corrected chi connectivity index (χ2v) is 11.8. The molecule has 0 bridgehead atoms. The minimum atomic E-state index is -0.554. The smallest absolute Gasteiger partial charge is 0.253 e. The van der Waals surface area contributed by atoms with E-state index in [1.807, 2.05) is 20.8 Å². The Morgan fingerprint density at radius 3 is 2.31 bits per heavy atom. The average molecular weight is 581 g/mol. The van der Waals surface area contributed by atoms with Crippen LogP contribution in [0.25, 0.3) is 0 Å². The Bertz CT molecular complexity index is 1160. The van der Waals surface area contributed by atoms with Gasteiger partial charge in [0.1, 0.15) is 5.82 Å². The SMILES string of the molecule is CCCN(CCC)C(=O)c1cccc(C(=O)N[C@@H](Cc2cccc(F)c2)[C@@H](N)C[C@@H](C)C(=O)NCC2CCCCC2)c1. The van der Waals surface area contributed by atoms with Crippen molar-refractivity contribution in [2.75, 3.05) is 19.6 Å². The standard InChI is InChI=1S/C34H49FN4O3/c1-4-17-39(18-5-2)34(42)28-15-10-14-27(22-28)33(41)38-31(21-26-13-9-16-29(35)20-26)30(36)19-24(3)32(40)37-23-25-11-7-6-8-12-25/h9-10,13-16,20,22,24-25,30-31H,4-8,11-12,17-19,21,23,36H2,1-3H3,(H,37,40)(H,38,41)/t24-,30+,31+/m1/s1. The van der Waals surface area contributed by atoms with Crippen LogP contribution < -0.4 is 16.4 Å². The van der Waals surface area contributed by atoms with Crippen molar-refractivity contribution in [3.8, 4) is 0 Å². The number of nitrogens with one attached hydrogen (secondary N) is 2. The first-order valence-corrected chi connectivity index (χ1v) is 15.7. The lowest BCUT2D eigenvalue weighted by Gasteiger charge is -2.28. The Labute approximate surface area is 250 Å². The maximum Gasteiger partial charge on any atom is 0.253 e. The second-order valence-electron chi connectivity index (χ2n) is 11.8. The van der Waals surface area contributed by atoms with Crippen LogP contribution in [0, 0.1) is 17.7 Å². The van der Waals surface area contributed by atoms with E-state index in [2.05, 4.69) is 10.6 Å². The molecule has 42 heavy (non-hydrogen) atoms. The summed E-state index contributed by atoms with van der Waals surface area (Å²) in [5.74, 6) is -0.692. The highest BCUT2D eigenvalue weighted by atomic mass is 19.1. The van der Waals surface area contributed by atoms with Crippen molar-refractivity contribution in [3.63, 3.8) is 0 Å². The van der Waals surface area contributed by atoms with Gasteiger partial charge in [0.2, 0.25) is 5.91 Å². The maximum absolute atomic E-state index is 14.0. The Morgan fingerprint density at radius 1 is 0.976 bits per heavy atom. The average Bonchev–Trinajstić information content (AvgIpc) is 2.99. The van der Waals surface area contributed by atoms with Gasteiger partial charge in [0.15, 0.2) is 0 Å². The summed E-state index contributed by atoms with van der Waals surface area (Å²) in [5.41, 5.74) is 8.15. The molecule has 0 unspecified atom stereocenters. The van der Waals surface area contributed by atoms with Crippen LogP contribution in [0.5, 0.6) is 0 Å². The number of carbonyl (C=O) groups excluding carboxylic acids is 3. The fourth-order valence-electron chi connectivity index (χ4n) is 5.80. The van der Waals surface area contributed by atoms with Gasteiger partial charge in [-0.05, 0) is 80.3 Å². The highest BCUT2D eigenvalue weighted by Gasteiger charge is 2.27. The molecule has 0 spiro atoms. The summed E-state index contributed by atoms with van der Waals surface area (Å²) < 4.78 is 14.0. The number of benzene rings is 2. The minimum absolute atomic E-state index is 0.0400. The van der Waals surface area contributed by atoms with E-state index < -0.39 is 12.1 Å². The predicted molar refractivity (Wildman–Crippen MR) is 166 cm³/mol. The van der Waals surface area contributed by atoms with E-state index in [4.69, 9.17) is 5.73 Å². The van der Waals surface area contributed by atoms with Gasteiger partial charge in [0.05, 0.1) is 0 Å². The lowest BCUT2D eigenvalue weighted by molar-refractivity contribution is -0.125. The molecule has 0 aromatic heterocycles. The normalized spacial score (nSPS) is 15.8. The van der Waals surface area contributed by atoms with E-state index in [9.17, 15) is 18.8 Å². The summed E-state index contributed by atoms with van der Waals surface area (Å²) in [6.07, 6.45) is 8.37. The Morgan fingerprint density at radius 2 is 1.64 bits per heavy atom. The first-order valence-electron chi connectivity index (χ1n) is 15.7. The molecule has 1 aliphatic carbocycles. The third-order valence-electron chi connectivity index (χ3n) is 8.19. The molecule has 1 aliphatic rings. The number of carbonyl (C=O) groups is 3. The summed E-state index contributed by atoms with van der Waals surface area (Å²) in [5, 5.41) is 6.13. The van der Waals surface area contributed by atoms with E-state index in [0.717, 1.165) is 25.7 Å². The Balaban J connectivity index is 1.71. The highest BCUT2D eigenvalue weighted by molar-refractivity contribution is 5.99. The molecule has 3 rings (SSSR count). The molecule has 1 saturated carbocycles. The van der Waals surface area contributed by atoms with Crippen molar-refractivity contribution >= 4 is 17.7 Å². The van der Waals surface area contributed by atoms with Crippen LogP contribution in [0.15, 0.2) is 48.5 Å². The lowest BCUT2D eigenvalue weighted by atomic mass is 9.89. The number of nitrogens with two attached hydrogens (primary N) is 1. The number of amides is 3. The summed E-state index contributed by atoms with van der Waals surface area (Å²) in [6.45, 7) is 7.90. The molecule has 3 atom stereocenters. The quantitative estimate of drug-likeness (QED) is 0.260. The van der Waals surface area contributed by atoms with Crippen molar-refractivity contribution in [3.05, 3.63) is 71.0 Å². The topological polar surface area (TPSA) is 105 Å². The first-order chi connectivity index (χ1) is 20.2. The number of halogens is 1. The minimum Gasteiger partial charge on any atom is -0.356 e. The van der Waals surface area contributed by atoms with Crippen molar-refractivity contribution in [1.82, 2.24) is 15.5 Å². The zero-order valence-electron chi connectivity index (χ0n) is 25.5. The van der Waals surface area contributed by atoms with Crippen LogP contribution in [-0.4, -0.2) is 54.3 Å². The largest absolute Gasteiger partial charge is 0.356 e. The fourth-order valence-corrected chi connectivity index (χ4v) is 5.80. The van der Waals surface area contributed by atoms with Gasteiger partial charge in [-0.25, -0.2) is 4.39 Å². The van der Waals surface area contributed by atoms with E-state index >= 15 is 0 Å². The summed E-state index contributed by atoms with van der Waals surface area (Å²) in [6, 6.07) is 11.8. The number of hydrogen-bond donors (Lipinski definition) is 3. The summed E-state index contributed by atoms with van der Waals surface area (Å²) >= 11 is 0. The molecule has 2 aromatic rings. The van der Waals surface area contributed by atoms with Crippen LogP contribution in [0.3, 0.4) is 0 Å². The monoisotopic (exact) mass is 580 g/mol. The zero-order valence-corrected chi connectivity index (χ0v) is 25.5. The van der Waals surface area contributed by atoms with Gasteiger partial charge in [-0.1, -0.05) is 58.2 Å². The molecule has 8 heteroatoms. The first kappa shape index (κ1) is 33.2. The fraction of sp³-hybridized carbons (Fsp3) is 0.559. The van der Waals surface area contributed by atoms with Crippen molar-refractivity contribution in [1.29, 1.82) is 0 Å². The van der Waals surface area contributed by atoms with E-state index in [-0.39, 0.29) is 29.5 Å². The van der Waals surface area contributed by atoms with Gasteiger partial charge in [-0.3, -0.25) is 14.4 Å². The van der Waals surface area contributed by atoms with Crippen LogP contribution in [0.2, 0.25) is 0 Å². The molecule has 2 aromatic carbocycles. The highest BCUT2D eigenvalue weighted by Crippen LogP contribution is 2.23. The number of rotatable bonds is 15. The maximum atomic E-state index is 14.0. The van der Waals surface area contributed by atoms with Gasteiger partial charge in [0, 0.05) is 48.8 Å². The molecule has 4 N–H and O–H groups in total. The van der Waals surface area contributed by atoms with Gasteiger partial charge in [-0.15, -0.1) is 0 Å². The second kappa shape index (κ2) is 17.0. The summed E-state index contributed by atoms with van der Waals surface area (Å²) in [7, 11) is 0. The third kappa shape index (κ3) is 10.2. The molecule has 0 saturated heterocycles. The lowest BCUT2D eigenvalue weighted by Crippen LogP contribution is -2.50. The molecule has 0 aliphatic heterocycles. The van der Waals surface area contributed by atoms with Crippen LogP contribution >= 0.6 is 0 Å². The van der Waals surface area contributed by atoms with Crippen molar-refractivity contribution in [2.45, 2.75) is 90.6 Å². The molecule has 3 amide bonds. The van der Waals surface area contributed by atoms with Gasteiger partial charge in [-0.2, -0.15) is 0 Å². The van der Waals surface area contributed by atoms with Gasteiger partial charge >= 0.3 is 0 Å². The number of nitrogens with zero attached hydrogens (tertiary/aromatic N) is 1. The molecule has 230 valence electrons. The number of hydrogen-bond acceptors (Lipinski definition) is 4. The van der Waals surface area contributed by atoms with Crippen LogP contribution in [0.4, 0.5) is 4.39 Å². The predicted octanol–water partition coefficient (Wildman–Crippen LogP) is 5.48. The molecule has 0 heterocycles. The zero-order chi connectivity index (χ0) is 30.5. The van der Waals surface area contributed by atoms with Crippen molar-refractivity contribution in [2.24, 2.45) is 17.6 Å². The molecular formula is C34H49FN4O3. The Kier molecular flexibility index (Phi) is 13.5. The van der Waals surface area contributed by atoms with Gasteiger partial charge < -0.3 is 21.3 Å². The van der Waals surface area contributed by atoms with Crippen LogP contribution in [0.1, 0.15) is 98.4 Å². The molecule has 0 radical (unpaired) electrons. The van der Waals surface area contributed by atoms with Crippen molar-refractivity contribution < 1.29 is 18.8 Å². The molecular weight excluding hydrogens is 531 g/mol. The van der Waals surface area contributed by atoms with E-state index in [1.54, 1.807) is 41.3 Å². The van der Waals surface area contributed by atoms with E-state index in [1.165, 1.54) is 31.4 Å².